The van der Waals surface area contributed by atoms with Gasteiger partial charge in [0.2, 0.25) is 11.6 Å². The van der Waals surface area contributed by atoms with Gasteiger partial charge in [-0.25, -0.2) is 17.5 Å². The van der Waals surface area contributed by atoms with Crippen LogP contribution in [0.25, 0.3) is 0 Å². The van der Waals surface area contributed by atoms with Gasteiger partial charge in [0.1, 0.15) is 0 Å². The van der Waals surface area contributed by atoms with E-state index in [2.05, 4.69) is 10.3 Å². The fraction of sp³-hybridized carbons (Fsp3) is 0.286. The molecule has 0 aliphatic carbocycles. The number of halogens is 2. The molecule has 2 aromatic carbocycles. The molecule has 0 unspecified atom stereocenters. The molecule has 0 spiro atoms. The van der Waals surface area contributed by atoms with E-state index in [1.807, 2.05) is 0 Å². The first-order chi connectivity index (χ1) is 15.9. The topological polar surface area (TPSA) is 168 Å². The van der Waals surface area contributed by atoms with Crippen molar-refractivity contribution in [1.29, 1.82) is 0 Å². The number of carboxylic acids is 1. The SMILES string of the molecule is CC(=O)N([C@](CCCN=C(N)N)(NCc1cc(Cl)cc(Cl)c1)C(=O)O)S(=O)(=O)c1ccccc1. The number of sulfonamides is 1. The highest BCUT2D eigenvalue weighted by Gasteiger charge is 2.51. The van der Waals surface area contributed by atoms with E-state index in [0.29, 0.717) is 19.9 Å². The maximum Gasteiger partial charge on any atom is 0.346 e. The van der Waals surface area contributed by atoms with Gasteiger partial charge in [0, 0.05) is 30.1 Å². The number of hydrogen-bond acceptors (Lipinski definition) is 6. The number of carbonyl (C=O) groups excluding carboxylic acids is 1. The maximum absolute atomic E-state index is 13.5. The molecule has 13 heteroatoms. The van der Waals surface area contributed by atoms with Crippen molar-refractivity contribution in [3.63, 3.8) is 0 Å². The second kappa shape index (κ2) is 11.5. The van der Waals surface area contributed by atoms with Gasteiger partial charge in [0.05, 0.1) is 4.90 Å². The van der Waals surface area contributed by atoms with Crippen LogP contribution in [0.2, 0.25) is 10.0 Å². The largest absolute Gasteiger partial charge is 0.478 e. The van der Waals surface area contributed by atoms with Crippen LogP contribution in [0.5, 0.6) is 0 Å². The molecule has 10 nitrogen and oxygen atoms in total. The van der Waals surface area contributed by atoms with Crippen molar-refractivity contribution in [1.82, 2.24) is 9.62 Å². The lowest BCUT2D eigenvalue weighted by molar-refractivity contribution is -0.156. The molecule has 1 amide bonds. The molecule has 0 aliphatic heterocycles. The first-order valence-electron chi connectivity index (χ1n) is 10.00. The molecule has 0 radical (unpaired) electrons. The van der Waals surface area contributed by atoms with Crippen LogP contribution in [-0.4, -0.2) is 47.9 Å². The van der Waals surface area contributed by atoms with Crippen molar-refractivity contribution in [2.45, 2.75) is 36.9 Å². The molecule has 0 bridgehead atoms. The zero-order valence-electron chi connectivity index (χ0n) is 18.2. The van der Waals surface area contributed by atoms with Gasteiger partial charge in [-0.1, -0.05) is 41.4 Å². The Kier molecular flexibility index (Phi) is 9.28. The summed E-state index contributed by atoms with van der Waals surface area (Å²) in [5.74, 6) is -2.78. The minimum atomic E-state index is -4.57. The minimum absolute atomic E-state index is 0.0131. The monoisotopic (exact) mass is 529 g/mol. The molecule has 0 aromatic heterocycles. The second-order valence-corrected chi connectivity index (χ2v) is 9.97. The molecular weight excluding hydrogens is 505 g/mol. The fourth-order valence-corrected chi connectivity index (χ4v) is 5.64. The number of carboxylic acid groups (broad SMARTS) is 1. The lowest BCUT2D eigenvalue weighted by atomic mass is 10.0. The number of carbonyl (C=O) groups is 2. The summed E-state index contributed by atoms with van der Waals surface area (Å²) in [6.07, 6.45) is -0.291. The van der Waals surface area contributed by atoms with Gasteiger partial charge in [-0.15, -0.1) is 0 Å². The number of guanidine groups is 1. The number of amides is 1. The summed E-state index contributed by atoms with van der Waals surface area (Å²) in [5.41, 5.74) is 8.77. The Morgan fingerprint density at radius 2 is 1.71 bits per heavy atom. The minimum Gasteiger partial charge on any atom is -0.478 e. The van der Waals surface area contributed by atoms with E-state index in [1.54, 1.807) is 6.07 Å². The Labute approximate surface area is 207 Å². The summed E-state index contributed by atoms with van der Waals surface area (Å²) in [6, 6.07) is 11.6. The van der Waals surface area contributed by atoms with Gasteiger partial charge in [-0.2, -0.15) is 0 Å². The van der Waals surface area contributed by atoms with Crippen molar-refractivity contribution in [2.24, 2.45) is 16.5 Å². The Bertz CT molecular complexity index is 1150. The highest BCUT2D eigenvalue weighted by molar-refractivity contribution is 7.89. The fourth-order valence-electron chi connectivity index (χ4n) is 3.38. The van der Waals surface area contributed by atoms with Crippen LogP contribution < -0.4 is 16.8 Å². The molecule has 0 fully saturated rings. The normalized spacial score (nSPS) is 13.0. The van der Waals surface area contributed by atoms with E-state index in [-0.39, 0.29) is 36.8 Å². The average molecular weight is 530 g/mol. The molecule has 0 saturated carbocycles. The molecule has 1 atom stereocenters. The zero-order chi connectivity index (χ0) is 25.5. The van der Waals surface area contributed by atoms with Crippen LogP contribution in [0.4, 0.5) is 0 Å². The number of nitrogens with one attached hydrogen (secondary N) is 1. The molecule has 2 aromatic rings. The van der Waals surface area contributed by atoms with Gasteiger partial charge >= 0.3 is 5.97 Å². The van der Waals surface area contributed by atoms with E-state index in [1.165, 1.54) is 42.5 Å². The van der Waals surface area contributed by atoms with Gasteiger partial charge < -0.3 is 16.6 Å². The van der Waals surface area contributed by atoms with E-state index in [9.17, 15) is 23.1 Å². The third-order valence-corrected chi connectivity index (χ3v) is 7.12. The van der Waals surface area contributed by atoms with Gasteiger partial charge in [0.25, 0.3) is 10.0 Å². The summed E-state index contributed by atoms with van der Waals surface area (Å²) in [7, 11) is -4.57. The van der Waals surface area contributed by atoms with Crippen molar-refractivity contribution in [3.8, 4) is 0 Å². The third-order valence-electron chi connectivity index (χ3n) is 4.77. The number of aliphatic carboxylic acids is 1. The number of nitrogens with two attached hydrogens (primary N) is 2. The highest BCUT2D eigenvalue weighted by atomic mass is 35.5. The average Bonchev–Trinajstić information content (AvgIpc) is 2.74. The van der Waals surface area contributed by atoms with Crippen LogP contribution in [-0.2, 0) is 26.2 Å². The smallest absolute Gasteiger partial charge is 0.346 e. The van der Waals surface area contributed by atoms with Crippen LogP contribution in [0, 0.1) is 0 Å². The third kappa shape index (κ3) is 6.60. The lowest BCUT2D eigenvalue weighted by Crippen LogP contribution is -2.66. The quantitative estimate of drug-likeness (QED) is 0.148. The van der Waals surface area contributed by atoms with Crippen LogP contribution in [0.3, 0.4) is 0 Å². The first kappa shape index (κ1) is 27.4. The lowest BCUT2D eigenvalue weighted by Gasteiger charge is -2.40. The van der Waals surface area contributed by atoms with Crippen molar-refractivity contribution >= 4 is 51.1 Å². The molecule has 0 heterocycles. The standard InChI is InChI=1S/C21H25Cl2N5O5S/c1-14(29)28(34(32,33)18-6-3-2-4-7-18)21(19(30)31,8-5-9-26-20(24)25)27-13-15-10-16(22)12-17(23)11-15/h2-4,6-7,10-12,27H,5,8-9,13H2,1H3,(H,30,31)(H4,24,25,26)/t21-/m0/s1. The number of nitrogens with zero attached hydrogens (tertiary/aromatic N) is 2. The molecule has 184 valence electrons. The van der Waals surface area contributed by atoms with E-state index < -0.39 is 27.6 Å². The summed E-state index contributed by atoms with van der Waals surface area (Å²) < 4.78 is 27.3. The summed E-state index contributed by atoms with van der Waals surface area (Å²) in [6.45, 7) is 0.828. The Hall–Kier alpha value is -2.86. The molecule has 6 N–H and O–H groups in total. The van der Waals surface area contributed by atoms with Crippen molar-refractivity contribution in [2.75, 3.05) is 6.54 Å². The number of hydrogen-bond donors (Lipinski definition) is 4. The number of rotatable bonds is 11. The Morgan fingerprint density at radius 1 is 1.12 bits per heavy atom. The van der Waals surface area contributed by atoms with Crippen molar-refractivity contribution in [3.05, 3.63) is 64.1 Å². The van der Waals surface area contributed by atoms with Crippen LogP contribution in [0.15, 0.2) is 58.4 Å². The predicted octanol–water partition coefficient (Wildman–Crippen LogP) is 2.15. The summed E-state index contributed by atoms with van der Waals surface area (Å²) in [4.78, 5) is 29.0. The maximum atomic E-state index is 13.5. The summed E-state index contributed by atoms with van der Waals surface area (Å²) >= 11 is 12.1. The first-order valence-corrected chi connectivity index (χ1v) is 12.2. The molecular formula is C21H25Cl2N5O5S. The molecule has 2 rings (SSSR count). The van der Waals surface area contributed by atoms with Gasteiger partial charge in [-0.3, -0.25) is 15.1 Å². The number of benzene rings is 2. The number of aliphatic imine (C=N–C) groups is 1. The van der Waals surface area contributed by atoms with E-state index >= 15 is 0 Å². The van der Waals surface area contributed by atoms with Crippen LogP contribution >= 0.6 is 23.2 Å². The van der Waals surface area contributed by atoms with Gasteiger partial charge in [0.15, 0.2) is 5.96 Å². The van der Waals surface area contributed by atoms with Crippen molar-refractivity contribution < 1.29 is 23.1 Å². The highest BCUT2D eigenvalue weighted by Crippen LogP contribution is 2.29. The van der Waals surface area contributed by atoms with E-state index in [4.69, 9.17) is 34.7 Å². The van der Waals surface area contributed by atoms with E-state index in [0.717, 1.165) is 6.92 Å². The predicted molar refractivity (Wildman–Crippen MR) is 130 cm³/mol. The van der Waals surface area contributed by atoms with Crippen LogP contribution in [0.1, 0.15) is 25.3 Å². The molecule has 34 heavy (non-hydrogen) atoms. The Balaban J connectivity index is 2.59. The summed E-state index contributed by atoms with van der Waals surface area (Å²) in [5, 5.41) is 13.6. The molecule has 0 saturated heterocycles. The molecule has 0 aliphatic rings. The Morgan fingerprint density at radius 3 is 2.21 bits per heavy atom. The van der Waals surface area contributed by atoms with Gasteiger partial charge in [-0.05, 0) is 48.7 Å². The zero-order valence-corrected chi connectivity index (χ0v) is 20.6. The second-order valence-electron chi connectivity index (χ2n) is 7.31.